The van der Waals surface area contributed by atoms with Gasteiger partial charge in [0.1, 0.15) is 17.4 Å². The van der Waals surface area contributed by atoms with Gasteiger partial charge in [0.2, 0.25) is 10.0 Å². The van der Waals surface area contributed by atoms with Crippen LogP contribution in [0, 0.1) is 6.92 Å². The number of fused-ring (bicyclic) bond motifs is 1. The Bertz CT molecular complexity index is 942. The van der Waals surface area contributed by atoms with Crippen LogP contribution in [0.4, 0.5) is 5.82 Å². The summed E-state index contributed by atoms with van der Waals surface area (Å²) < 4.78 is 38.7. The van der Waals surface area contributed by atoms with Gasteiger partial charge in [-0.1, -0.05) is 0 Å². The molecule has 3 heterocycles. The third-order valence-corrected chi connectivity index (χ3v) is 6.01. The molecule has 1 fully saturated rings. The Labute approximate surface area is 158 Å². The lowest BCUT2D eigenvalue weighted by Crippen LogP contribution is -2.37. The minimum absolute atomic E-state index is 0.0366. The number of aromatic nitrogens is 2. The van der Waals surface area contributed by atoms with E-state index in [1.807, 2.05) is 13.0 Å². The van der Waals surface area contributed by atoms with Crippen LogP contribution in [0.3, 0.4) is 0 Å². The van der Waals surface area contributed by atoms with Crippen molar-refractivity contribution < 1.29 is 17.9 Å². The first-order chi connectivity index (χ1) is 13.0. The highest BCUT2D eigenvalue weighted by Gasteiger charge is 2.20. The van der Waals surface area contributed by atoms with Gasteiger partial charge >= 0.3 is 0 Å². The van der Waals surface area contributed by atoms with Crippen molar-refractivity contribution in [2.24, 2.45) is 0 Å². The van der Waals surface area contributed by atoms with Gasteiger partial charge < -0.3 is 14.4 Å². The van der Waals surface area contributed by atoms with Gasteiger partial charge in [-0.2, -0.15) is 0 Å². The van der Waals surface area contributed by atoms with E-state index in [-0.39, 0.29) is 11.4 Å². The Morgan fingerprint density at radius 2 is 1.96 bits per heavy atom. The Balaban J connectivity index is 1.50. The Kier molecular flexibility index (Phi) is 4.98. The molecule has 0 saturated carbocycles. The highest BCUT2D eigenvalue weighted by molar-refractivity contribution is 7.89. The Morgan fingerprint density at radius 3 is 2.78 bits per heavy atom. The monoisotopic (exact) mass is 390 g/mol. The lowest BCUT2D eigenvalue weighted by Gasteiger charge is -2.28. The van der Waals surface area contributed by atoms with Crippen LogP contribution in [-0.4, -0.2) is 51.3 Å². The third-order valence-electron chi connectivity index (χ3n) is 4.61. The number of hydrogen-bond acceptors (Lipinski definition) is 7. The van der Waals surface area contributed by atoms with Crippen molar-refractivity contribution >= 4 is 15.8 Å². The summed E-state index contributed by atoms with van der Waals surface area (Å²) in [6, 6.07) is 6.84. The van der Waals surface area contributed by atoms with Crippen molar-refractivity contribution in [3.05, 3.63) is 41.3 Å². The molecule has 1 aromatic heterocycles. The minimum atomic E-state index is -3.65. The van der Waals surface area contributed by atoms with Crippen LogP contribution in [0.5, 0.6) is 5.75 Å². The van der Waals surface area contributed by atoms with Crippen LogP contribution in [0.2, 0.25) is 0 Å². The molecule has 8 nitrogen and oxygen atoms in total. The number of ether oxygens (including phenoxy) is 2. The number of anilines is 1. The van der Waals surface area contributed by atoms with Crippen LogP contribution in [0.25, 0.3) is 0 Å². The fourth-order valence-corrected chi connectivity index (χ4v) is 4.25. The zero-order chi connectivity index (χ0) is 18.9. The molecule has 2 aliphatic heterocycles. The molecule has 0 radical (unpaired) electrons. The number of nitrogens with zero attached hydrogens (tertiary/aromatic N) is 3. The molecule has 144 valence electrons. The second kappa shape index (κ2) is 7.41. The summed E-state index contributed by atoms with van der Waals surface area (Å²) in [5.41, 5.74) is 1.72. The molecule has 1 N–H and O–H groups in total. The van der Waals surface area contributed by atoms with Gasteiger partial charge in [-0.3, -0.25) is 0 Å². The molecule has 4 rings (SSSR count). The third kappa shape index (κ3) is 4.05. The molecule has 0 aliphatic carbocycles. The van der Waals surface area contributed by atoms with E-state index >= 15 is 0 Å². The van der Waals surface area contributed by atoms with Gasteiger partial charge in [0.05, 0.1) is 31.3 Å². The van der Waals surface area contributed by atoms with Crippen LogP contribution in [0.1, 0.15) is 17.1 Å². The maximum absolute atomic E-state index is 12.6. The average Bonchev–Trinajstić information content (AvgIpc) is 3.15. The SMILES string of the molecule is Cc1cc(N2CCOCC2)nc(CNS(=O)(=O)c2ccc3c(c2)CCO3)n1. The second-order valence-corrected chi connectivity index (χ2v) is 8.34. The number of aryl methyl sites for hydroxylation is 1. The fraction of sp³-hybridized carbons (Fsp3) is 0.444. The first kappa shape index (κ1) is 18.1. The van der Waals surface area contributed by atoms with Crippen molar-refractivity contribution in [2.45, 2.75) is 24.8 Å². The maximum Gasteiger partial charge on any atom is 0.240 e. The minimum Gasteiger partial charge on any atom is -0.493 e. The molecule has 2 aliphatic rings. The molecular weight excluding hydrogens is 368 g/mol. The molecule has 2 aromatic rings. The topological polar surface area (TPSA) is 93.7 Å². The van der Waals surface area contributed by atoms with E-state index in [0.29, 0.717) is 25.6 Å². The Morgan fingerprint density at radius 1 is 1.15 bits per heavy atom. The average molecular weight is 390 g/mol. The van der Waals surface area contributed by atoms with Crippen LogP contribution in [-0.2, 0) is 27.7 Å². The smallest absolute Gasteiger partial charge is 0.240 e. The quantitative estimate of drug-likeness (QED) is 0.815. The molecule has 9 heteroatoms. The molecule has 1 aromatic carbocycles. The summed E-state index contributed by atoms with van der Waals surface area (Å²) in [4.78, 5) is 11.2. The normalized spacial score (nSPS) is 16.9. The summed E-state index contributed by atoms with van der Waals surface area (Å²) in [6.07, 6.45) is 0.725. The van der Waals surface area contributed by atoms with Gasteiger partial charge in [0.25, 0.3) is 0 Å². The molecule has 0 bridgehead atoms. The summed E-state index contributed by atoms with van der Waals surface area (Å²) in [6.45, 7) is 5.35. The molecule has 1 saturated heterocycles. The van der Waals surface area contributed by atoms with Crippen LogP contribution >= 0.6 is 0 Å². The van der Waals surface area contributed by atoms with Gasteiger partial charge in [0, 0.05) is 31.3 Å². The predicted molar refractivity (Wildman–Crippen MR) is 99.5 cm³/mol. The summed E-state index contributed by atoms with van der Waals surface area (Å²) in [7, 11) is -3.65. The van der Waals surface area contributed by atoms with E-state index < -0.39 is 10.0 Å². The zero-order valence-electron chi connectivity index (χ0n) is 15.1. The number of hydrogen-bond donors (Lipinski definition) is 1. The van der Waals surface area contributed by atoms with Crippen molar-refractivity contribution in [3.8, 4) is 5.75 Å². The first-order valence-electron chi connectivity index (χ1n) is 8.94. The summed E-state index contributed by atoms with van der Waals surface area (Å²) in [5.74, 6) is 2.00. The summed E-state index contributed by atoms with van der Waals surface area (Å²) in [5, 5.41) is 0. The van der Waals surface area contributed by atoms with Crippen molar-refractivity contribution in [3.63, 3.8) is 0 Å². The second-order valence-electron chi connectivity index (χ2n) is 6.58. The lowest BCUT2D eigenvalue weighted by molar-refractivity contribution is 0.122. The molecule has 0 atom stereocenters. The van der Waals surface area contributed by atoms with Gasteiger partial charge in [-0.15, -0.1) is 0 Å². The maximum atomic E-state index is 12.6. The number of rotatable bonds is 5. The van der Waals surface area contributed by atoms with E-state index in [2.05, 4.69) is 19.6 Å². The predicted octanol–water partition coefficient (Wildman–Crippen LogP) is 1.04. The van der Waals surface area contributed by atoms with E-state index in [4.69, 9.17) is 9.47 Å². The highest BCUT2D eigenvalue weighted by atomic mass is 32.2. The summed E-state index contributed by atoms with van der Waals surface area (Å²) >= 11 is 0. The lowest BCUT2D eigenvalue weighted by atomic mass is 10.2. The zero-order valence-corrected chi connectivity index (χ0v) is 16.0. The van der Waals surface area contributed by atoms with Crippen molar-refractivity contribution in [1.29, 1.82) is 0 Å². The number of morpholine rings is 1. The molecule has 0 unspecified atom stereocenters. The number of nitrogens with one attached hydrogen (secondary N) is 1. The Hall–Kier alpha value is -2.23. The van der Waals surface area contributed by atoms with Crippen LogP contribution < -0.4 is 14.4 Å². The van der Waals surface area contributed by atoms with E-state index in [9.17, 15) is 8.42 Å². The van der Waals surface area contributed by atoms with Crippen molar-refractivity contribution in [2.75, 3.05) is 37.8 Å². The first-order valence-corrected chi connectivity index (χ1v) is 10.4. The standard InChI is InChI=1S/C18H22N4O4S/c1-13-10-18(22-5-8-25-9-6-22)21-17(20-13)12-19-27(23,24)15-2-3-16-14(11-15)4-7-26-16/h2-3,10-11,19H,4-9,12H2,1H3. The number of benzene rings is 1. The molecule has 0 spiro atoms. The van der Waals surface area contributed by atoms with Crippen LogP contribution in [0.15, 0.2) is 29.2 Å². The van der Waals surface area contributed by atoms with Gasteiger partial charge in [0.15, 0.2) is 0 Å². The van der Waals surface area contributed by atoms with E-state index in [1.54, 1.807) is 18.2 Å². The molecule has 27 heavy (non-hydrogen) atoms. The van der Waals surface area contributed by atoms with Crippen molar-refractivity contribution in [1.82, 2.24) is 14.7 Å². The fourth-order valence-electron chi connectivity index (χ4n) is 3.22. The highest BCUT2D eigenvalue weighted by Crippen LogP contribution is 2.27. The number of sulfonamides is 1. The molecule has 0 amide bonds. The van der Waals surface area contributed by atoms with E-state index in [1.165, 1.54) is 0 Å². The van der Waals surface area contributed by atoms with Gasteiger partial charge in [-0.25, -0.2) is 23.1 Å². The molecular formula is C18H22N4O4S. The largest absolute Gasteiger partial charge is 0.493 e. The van der Waals surface area contributed by atoms with E-state index in [0.717, 1.165) is 42.3 Å². The van der Waals surface area contributed by atoms with Gasteiger partial charge in [-0.05, 0) is 30.7 Å².